The molecule has 1 saturated heterocycles. The van der Waals surface area contributed by atoms with Crippen LogP contribution in [0.2, 0.25) is 0 Å². The van der Waals surface area contributed by atoms with Gasteiger partial charge in [0.1, 0.15) is 0 Å². The number of nitrogens with zero attached hydrogens (tertiary/aromatic N) is 3. The number of hydrogen-bond acceptors (Lipinski definition) is 6. The highest BCUT2D eigenvalue weighted by molar-refractivity contribution is 7.99. The van der Waals surface area contributed by atoms with Crippen LogP contribution in [-0.4, -0.2) is 39.1 Å². The number of amides is 1. The highest BCUT2D eigenvalue weighted by atomic mass is 32.2. The van der Waals surface area contributed by atoms with Crippen molar-refractivity contribution >= 4 is 17.7 Å². The number of ether oxygens (including phenoxy) is 1. The van der Waals surface area contributed by atoms with Crippen LogP contribution in [0.15, 0.2) is 58.3 Å². The first-order chi connectivity index (χ1) is 13.8. The van der Waals surface area contributed by atoms with Gasteiger partial charge in [-0.15, -0.1) is 10.2 Å². The minimum Gasteiger partial charge on any atom is -0.459 e. The summed E-state index contributed by atoms with van der Waals surface area (Å²) in [5, 5.41) is 12.4. The standard InChI is InChI=1S/C20H22N4O3S/c25-19(17-9-5-11-27-17)21-12-18-22-23-20(28-14-16-8-4-10-26-16)24(18)13-15-6-2-1-3-7-15/h1-3,5-7,9,11,16H,4,8,10,12-14H2,(H,21,25)/t16-/m0/s1. The van der Waals surface area contributed by atoms with Crippen molar-refractivity contribution in [1.82, 2.24) is 20.1 Å². The Labute approximate surface area is 167 Å². The number of thioether (sulfide) groups is 1. The van der Waals surface area contributed by atoms with E-state index >= 15 is 0 Å². The number of nitrogens with one attached hydrogen (secondary N) is 1. The quantitative estimate of drug-likeness (QED) is 0.587. The summed E-state index contributed by atoms with van der Waals surface area (Å²) in [6.45, 7) is 1.76. The van der Waals surface area contributed by atoms with Crippen molar-refractivity contribution in [2.45, 2.75) is 37.2 Å². The zero-order valence-corrected chi connectivity index (χ0v) is 16.2. The van der Waals surface area contributed by atoms with Gasteiger partial charge in [0.25, 0.3) is 5.91 Å². The highest BCUT2D eigenvalue weighted by Crippen LogP contribution is 2.24. The maximum Gasteiger partial charge on any atom is 0.287 e. The van der Waals surface area contributed by atoms with Crippen LogP contribution in [0.25, 0.3) is 0 Å². The Balaban J connectivity index is 1.48. The molecule has 8 heteroatoms. The first kappa shape index (κ1) is 18.8. The van der Waals surface area contributed by atoms with Crippen molar-refractivity contribution < 1.29 is 13.9 Å². The van der Waals surface area contributed by atoms with Gasteiger partial charge < -0.3 is 19.0 Å². The molecule has 0 radical (unpaired) electrons. The molecule has 0 aliphatic carbocycles. The second kappa shape index (κ2) is 9.07. The van der Waals surface area contributed by atoms with Crippen LogP contribution in [0.3, 0.4) is 0 Å². The van der Waals surface area contributed by atoms with Gasteiger partial charge in [0.15, 0.2) is 16.7 Å². The van der Waals surface area contributed by atoms with Crippen LogP contribution < -0.4 is 5.32 Å². The van der Waals surface area contributed by atoms with E-state index in [-0.39, 0.29) is 24.3 Å². The minimum absolute atomic E-state index is 0.271. The molecule has 4 rings (SSSR count). The molecule has 1 aliphatic rings. The molecule has 1 fully saturated rings. The Hall–Kier alpha value is -2.58. The lowest BCUT2D eigenvalue weighted by Crippen LogP contribution is -2.24. The van der Waals surface area contributed by atoms with Gasteiger partial charge in [-0.25, -0.2) is 0 Å². The molecule has 2 aromatic heterocycles. The molecule has 1 atom stereocenters. The van der Waals surface area contributed by atoms with Gasteiger partial charge >= 0.3 is 0 Å². The molecule has 1 aliphatic heterocycles. The molecule has 3 heterocycles. The molecule has 3 aromatic rings. The van der Waals surface area contributed by atoms with E-state index in [4.69, 9.17) is 9.15 Å². The fraction of sp³-hybridized carbons (Fsp3) is 0.350. The van der Waals surface area contributed by atoms with Gasteiger partial charge in [0.05, 0.1) is 25.5 Å². The van der Waals surface area contributed by atoms with Crippen LogP contribution >= 0.6 is 11.8 Å². The average molecular weight is 398 g/mol. The Bertz CT molecular complexity index is 890. The van der Waals surface area contributed by atoms with Crippen molar-refractivity contribution in [3.05, 3.63) is 65.9 Å². The maximum atomic E-state index is 12.2. The molecular formula is C20H22N4O3S. The van der Waals surface area contributed by atoms with E-state index in [1.54, 1.807) is 23.9 Å². The molecule has 7 nitrogen and oxygen atoms in total. The highest BCUT2D eigenvalue weighted by Gasteiger charge is 2.19. The third kappa shape index (κ3) is 4.63. The Morgan fingerprint density at radius 1 is 1.21 bits per heavy atom. The van der Waals surface area contributed by atoms with Crippen molar-refractivity contribution in [2.75, 3.05) is 12.4 Å². The number of rotatable bonds is 8. The molecule has 28 heavy (non-hydrogen) atoms. The van der Waals surface area contributed by atoms with Crippen molar-refractivity contribution in [3.63, 3.8) is 0 Å². The summed E-state index contributed by atoms with van der Waals surface area (Å²) in [5.74, 6) is 1.57. The second-order valence-electron chi connectivity index (χ2n) is 6.58. The number of aromatic nitrogens is 3. The number of hydrogen-bond donors (Lipinski definition) is 1. The maximum absolute atomic E-state index is 12.2. The smallest absolute Gasteiger partial charge is 0.287 e. The molecule has 1 N–H and O–H groups in total. The third-order valence-corrected chi connectivity index (χ3v) is 5.65. The van der Waals surface area contributed by atoms with Gasteiger partial charge in [-0.2, -0.15) is 0 Å². The van der Waals surface area contributed by atoms with Gasteiger partial charge in [-0.3, -0.25) is 4.79 Å². The number of benzene rings is 1. The van der Waals surface area contributed by atoms with Gasteiger partial charge in [-0.1, -0.05) is 42.1 Å². The van der Waals surface area contributed by atoms with E-state index in [0.717, 1.165) is 35.9 Å². The predicted molar refractivity (Wildman–Crippen MR) is 105 cm³/mol. The van der Waals surface area contributed by atoms with E-state index in [1.807, 2.05) is 18.2 Å². The first-order valence-electron chi connectivity index (χ1n) is 9.31. The number of furan rings is 1. The summed E-state index contributed by atoms with van der Waals surface area (Å²) in [6.07, 6.45) is 3.96. The van der Waals surface area contributed by atoms with Crippen LogP contribution in [0, 0.1) is 0 Å². The molecule has 1 aromatic carbocycles. The number of carbonyl (C=O) groups is 1. The van der Waals surface area contributed by atoms with E-state index < -0.39 is 0 Å². The fourth-order valence-corrected chi connectivity index (χ4v) is 4.10. The molecule has 0 spiro atoms. The van der Waals surface area contributed by atoms with Gasteiger partial charge in [0.2, 0.25) is 0 Å². The lowest BCUT2D eigenvalue weighted by atomic mass is 10.2. The predicted octanol–water partition coefficient (Wildman–Crippen LogP) is 3.12. The summed E-state index contributed by atoms with van der Waals surface area (Å²) in [5.41, 5.74) is 1.15. The summed E-state index contributed by atoms with van der Waals surface area (Å²) in [4.78, 5) is 12.2. The van der Waals surface area contributed by atoms with Gasteiger partial charge in [0, 0.05) is 12.4 Å². The molecule has 0 unspecified atom stereocenters. The van der Waals surface area contributed by atoms with E-state index in [2.05, 4.69) is 32.2 Å². The van der Waals surface area contributed by atoms with E-state index in [0.29, 0.717) is 12.4 Å². The first-order valence-corrected chi connectivity index (χ1v) is 10.3. The minimum atomic E-state index is -0.271. The summed E-state index contributed by atoms with van der Waals surface area (Å²) in [6, 6.07) is 13.5. The zero-order valence-electron chi connectivity index (χ0n) is 15.4. The fourth-order valence-electron chi connectivity index (χ4n) is 3.08. The molecule has 1 amide bonds. The lowest BCUT2D eigenvalue weighted by Gasteiger charge is -2.12. The topological polar surface area (TPSA) is 82.2 Å². The Morgan fingerprint density at radius 2 is 2.11 bits per heavy atom. The van der Waals surface area contributed by atoms with Crippen molar-refractivity contribution in [3.8, 4) is 0 Å². The van der Waals surface area contributed by atoms with E-state index in [9.17, 15) is 4.79 Å². The molecule has 146 valence electrons. The monoisotopic (exact) mass is 398 g/mol. The summed E-state index contributed by atoms with van der Waals surface area (Å²) < 4.78 is 12.9. The van der Waals surface area contributed by atoms with Gasteiger partial charge in [-0.05, 0) is 30.5 Å². The zero-order chi connectivity index (χ0) is 19.2. The summed E-state index contributed by atoms with van der Waals surface area (Å²) in [7, 11) is 0. The third-order valence-electron chi connectivity index (χ3n) is 4.55. The lowest BCUT2D eigenvalue weighted by molar-refractivity contribution is 0.0921. The largest absolute Gasteiger partial charge is 0.459 e. The Morgan fingerprint density at radius 3 is 2.86 bits per heavy atom. The average Bonchev–Trinajstić information content (AvgIpc) is 3.48. The van der Waals surface area contributed by atoms with Crippen molar-refractivity contribution in [1.29, 1.82) is 0 Å². The molecule has 0 saturated carbocycles. The van der Waals surface area contributed by atoms with Crippen molar-refractivity contribution in [2.24, 2.45) is 0 Å². The SMILES string of the molecule is O=C(NCc1nnc(SC[C@@H]2CCCO2)n1Cc1ccccc1)c1ccco1. The normalized spacial score (nSPS) is 16.4. The molecule has 0 bridgehead atoms. The van der Waals surface area contributed by atoms with Crippen LogP contribution in [0.1, 0.15) is 34.8 Å². The van der Waals surface area contributed by atoms with E-state index in [1.165, 1.54) is 6.26 Å². The molecular weight excluding hydrogens is 376 g/mol. The summed E-state index contributed by atoms with van der Waals surface area (Å²) >= 11 is 1.65. The van der Waals surface area contributed by atoms with Crippen LogP contribution in [-0.2, 0) is 17.8 Å². The van der Waals surface area contributed by atoms with Crippen LogP contribution in [0.4, 0.5) is 0 Å². The van der Waals surface area contributed by atoms with Crippen LogP contribution in [0.5, 0.6) is 0 Å². The second-order valence-corrected chi connectivity index (χ2v) is 7.56. The Kier molecular flexibility index (Phi) is 6.08. The number of carbonyl (C=O) groups excluding carboxylic acids is 1.